The number of ether oxygens (including phenoxy) is 2. The van der Waals surface area contributed by atoms with Gasteiger partial charge in [-0.2, -0.15) is 0 Å². The summed E-state index contributed by atoms with van der Waals surface area (Å²) < 4.78 is 9.67. The second-order valence-electron chi connectivity index (χ2n) is 8.56. The fourth-order valence-corrected chi connectivity index (χ4v) is 2.19. The van der Waals surface area contributed by atoms with Crippen LogP contribution in [-0.4, -0.2) is 36.5 Å². The molecule has 29 heavy (non-hydrogen) atoms. The molecule has 1 rings (SSSR count). The molecule has 160 valence electrons. The van der Waals surface area contributed by atoms with Crippen LogP contribution in [0.15, 0.2) is 36.4 Å². The van der Waals surface area contributed by atoms with Crippen molar-refractivity contribution in [1.82, 2.24) is 5.32 Å². The Morgan fingerprint density at radius 2 is 1.66 bits per heavy atom. The fraction of sp³-hybridized carbons (Fsp3) is 0.500. The summed E-state index contributed by atoms with van der Waals surface area (Å²) in [5.41, 5.74) is 6.39. The Morgan fingerprint density at radius 1 is 1.10 bits per heavy atom. The van der Waals surface area contributed by atoms with E-state index in [-0.39, 0.29) is 23.3 Å². The summed E-state index contributed by atoms with van der Waals surface area (Å²) >= 11 is 0. The molecule has 0 saturated carbocycles. The Kier molecular flexibility index (Phi) is 8.15. The van der Waals surface area contributed by atoms with Crippen LogP contribution in [0.3, 0.4) is 0 Å². The van der Waals surface area contributed by atoms with Crippen molar-refractivity contribution in [2.45, 2.75) is 59.0 Å². The molecule has 0 aliphatic carbocycles. The second kappa shape index (κ2) is 9.69. The lowest BCUT2D eigenvalue weighted by molar-refractivity contribution is -0.139. The molecule has 1 unspecified atom stereocenters. The predicted molar refractivity (Wildman–Crippen MR) is 111 cm³/mol. The first-order valence-corrected chi connectivity index (χ1v) is 9.40. The highest BCUT2D eigenvalue weighted by atomic mass is 16.5. The summed E-state index contributed by atoms with van der Waals surface area (Å²) in [4.78, 5) is 35.6. The van der Waals surface area contributed by atoms with E-state index in [0.29, 0.717) is 12.2 Å². The van der Waals surface area contributed by atoms with Gasteiger partial charge in [0.15, 0.2) is 0 Å². The Balaban J connectivity index is 2.63. The molecule has 0 aromatic heterocycles. The van der Waals surface area contributed by atoms with Crippen LogP contribution in [0.1, 0.15) is 46.6 Å². The third-order valence-electron chi connectivity index (χ3n) is 5.09. The zero-order valence-corrected chi connectivity index (χ0v) is 18.1. The molecule has 0 aliphatic heterocycles. The van der Waals surface area contributed by atoms with Gasteiger partial charge in [-0.15, -0.1) is 0 Å². The summed E-state index contributed by atoms with van der Waals surface area (Å²) in [5.74, 6) is -1.17. The normalized spacial score (nSPS) is 12.7. The van der Waals surface area contributed by atoms with Crippen molar-refractivity contribution in [1.29, 1.82) is 0 Å². The number of carbonyl (C=O) groups excluding carboxylic acids is 3. The monoisotopic (exact) mass is 404 g/mol. The lowest BCUT2D eigenvalue weighted by Gasteiger charge is -2.40. The Bertz CT molecular complexity index is 760. The third-order valence-corrected chi connectivity index (χ3v) is 5.09. The standard InChI is InChI=1S/C22H32N2O5/c1-14(20(27)28-7)12-18(25)29-16-10-8-15(9-11-16)13-17(23)19(26)24-22(5,6)21(2,3)4/h8-11,17H,1,12-13,23H2,2-7H3,(H,24,26). The van der Waals surface area contributed by atoms with E-state index in [1.807, 2.05) is 13.8 Å². The first kappa shape index (κ1) is 24.4. The molecule has 1 amide bonds. The summed E-state index contributed by atoms with van der Waals surface area (Å²) in [6.45, 7) is 13.6. The van der Waals surface area contributed by atoms with Gasteiger partial charge in [0.1, 0.15) is 5.75 Å². The minimum atomic E-state index is -0.701. The summed E-state index contributed by atoms with van der Waals surface area (Å²) in [7, 11) is 1.21. The molecule has 1 aromatic carbocycles. The van der Waals surface area contributed by atoms with Crippen molar-refractivity contribution < 1.29 is 23.9 Å². The van der Waals surface area contributed by atoms with Crippen LogP contribution < -0.4 is 15.8 Å². The molecule has 1 aromatic rings. The minimum Gasteiger partial charge on any atom is -0.466 e. The smallest absolute Gasteiger partial charge is 0.333 e. The molecule has 0 heterocycles. The first-order valence-electron chi connectivity index (χ1n) is 9.40. The summed E-state index contributed by atoms with van der Waals surface area (Å²) in [6.07, 6.45) is 0.0858. The van der Waals surface area contributed by atoms with Crippen LogP contribution in [0.4, 0.5) is 0 Å². The van der Waals surface area contributed by atoms with Crippen LogP contribution >= 0.6 is 0 Å². The number of rotatable bonds is 8. The fourth-order valence-electron chi connectivity index (χ4n) is 2.19. The van der Waals surface area contributed by atoms with Gasteiger partial charge < -0.3 is 20.5 Å². The molecule has 3 N–H and O–H groups in total. The van der Waals surface area contributed by atoms with E-state index in [1.54, 1.807) is 24.3 Å². The summed E-state index contributed by atoms with van der Waals surface area (Å²) in [6, 6.07) is 5.99. The van der Waals surface area contributed by atoms with Crippen LogP contribution in [0.25, 0.3) is 0 Å². The zero-order chi connectivity index (χ0) is 22.4. The molecule has 1 atom stereocenters. The van der Waals surface area contributed by atoms with E-state index >= 15 is 0 Å². The van der Waals surface area contributed by atoms with E-state index in [2.05, 4.69) is 37.4 Å². The van der Waals surface area contributed by atoms with Crippen molar-refractivity contribution in [3.8, 4) is 5.75 Å². The van der Waals surface area contributed by atoms with Gasteiger partial charge in [0, 0.05) is 11.1 Å². The molecule has 7 nitrogen and oxygen atoms in total. The molecule has 0 radical (unpaired) electrons. The van der Waals surface area contributed by atoms with Gasteiger partial charge >= 0.3 is 11.9 Å². The largest absolute Gasteiger partial charge is 0.466 e. The highest BCUT2D eigenvalue weighted by molar-refractivity contribution is 5.93. The average molecular weight is 405 g/mol. The highest BCUT2D eigenvalue weighted by Crippen LogP contribution is 2.29. The van der Waals surface area contributed by atoms with Gasteiger partial charge in [-0.25, -0.2) is 4.79 Å². The van der Waals surface area contributed by atoms with E-state index in [0.717, 1.165) is 5.56 Å². The van der Waals surface area contributed by atoms with Gasteiger partial charge in [0.25, 0.3) is 0 Å². The SMILES string of the molecule is C=C(CC(=O)Oc1ccc(CC(N)C(=O)NC(C)(C)C(C)(C)C)cc1)C(=O)OC. The van der Waals surface area contributed by atoms with Crippen molar-refractivity contribution in [2.24, 2.45) is 11.1 Å². The minimum absolute atomic E-state index is 0.0179. The van der Waals surface area contributed by atoms with Gasteiger partial charge in [0.05, 0.1) is 19.6 Å². The number of benzene rings is 1. The van der Waals surface area contributed by atoms with Crippen molar-refractivity contribution >= 4 is 17.8 Å². The first-order chi connectivity index (χ1) is 13.3. The van der Waals surface area contributed by atoms with Crippen LogP contribution in [0, 0.1) is 5.41 Å². The lowest BCUT2D eigenvalue weighted by Crippen LogP contribution is -2.56. The number of hydrogen-bond acceptors (Lipinski definition) is 6. The number of nitrogens with one attached hydrogen (secondary N) is 1. The number of nitrogens with two attached hydrogens (primary N) is 1. The number of hydrogen-bond donors (Lipinski definition) is 2. The van der Waals surface area contributed by atoms with E-state index in [4.69, 9.17) is 10.5 Å². The zero-order valence-electron chi connectivity index (χ0n) is 18.1. The molecular weight excluding hydrogens is 372 g/mol. The average Bonchev–Trinajstić information content (AvgIpc) is 2.61. The van der Waals surface area contributed by atoms with E-state index < -0.39 is 23.5 Å². The highest BCUT2D eigenvalue weighted by Gasteiger charge is 2.35. The van der Waals surface area contributed by atoms with Crippen molar-refractivity contribution in [2.75, 3.05) is 7.11 Å². The van der Waals surface area contributed by atoms with Crippen LogP contribution in [0.5, 0.6) is 5.75 Å². The number of esters is 2. The van der Waals surface area contributed by atoms with Gasteiger partial charge in [-0.1, -0.05) is 39.5 Å². The Morgan fingerprint density at radius 3 is 2.14 bits per heavy atom. The summed E-state index contributed by atoms with van der Waals surface area (Å²) in [5, 5.41) is 3.01. The van der Waals surface area contributed by atoms with Crippen LogP contribution in [0.2, 0.25) is 0 Å². The number of amides is 1. The van der Waals surface area contributed by atoms with Gasteiger partial charge in [-0.3, -0.25) is 9.59 Å². The van der Waals surface area contributed by atoms with Crippen molar-refractivity contribution in [3.63, 3.8) is 0 Å². The number of carbonyl (C=O) groups is 3. The maximum atomic E-state index is 12.5. The maximum absolute atomic E-state index is 12.5. The molecule has 0 saturated heterocycles. The lowest BCUT2D eigenvalue weighted by atomic mass is 9.76. The number of methoxy groups -OCH3 is 1. The molecule has 0 fully saturated rings. The molecule has 0 aliphatic rings. The Labute approximate surface area is 172 Å². The van der Waals surface area contributed by atoms with Gasteiger partial charge in [0.2, 0.25) is 5.91 Å². The third kappa shape index (κ3) is 7.34. The topological polar surface area (TPSA) is 108 Å². The van der Waals surface area contributed by atoms with Crippen LogP contribution in [-0.2, 0) is 25.5 Å². The Hall–Kier alpha value is -2.67. The van der Waals surface area contributed by atoms with E-state index in [1.165, 1.54) is 7.11 Å². The van der Waals surface area contributed by atoms with Crippen molar-refractivity contribution in [3.05, 3.63) is 42.0 Å². The van der Waals surface area contributed by atoms with E-state index in [9.17, 15) is 14.4 Å². The maximum Gasteiger partial charge on any atom is 0.333 e. The molecule has 7 heteroatoms. The molecule has 0 spiro atoms. The quantitative estimate of drug-likeness (QED) is 0.392. The molecular formula is C22H32N2O5. The predicted octanol–water partition coefficient (Wildman–Crippen LogP) is 2.52. The van der Waals surface area contributed by atoms with Gasteiger partial charge in [-0.05, 0) is 43.4 Å². The second-order valence-corrected chi connectivity index (χ2v) is 8.56. The molecule has 0 bridgehead atoms.